The van der Waals surface area contributed by atoms with Gasteiger partial charge in [0.25, 0.3) is 0 Å². The van der Waals surface area contributed by atoms with E-state index in [0.717, 1.165) is 11.7 Å². The van der Waals surface area contributed by atoms with Gasteiger partial charge in [-0.15, -0.1) is 0 Å². The highest BCUT2D eigenvalue weighted by Crippen LogP contribution is 2.28. The summed E-state index contributed by atoms with van der Waals surface area (Å²) in [5.74, 6) is 7.33. The zero-order valence-corrected chi connectivity index (χ0v) is 8.20. The summed E-state index contributed by atoms with van der Waals surface area (Å²) in [6.07, 6.45) is 4.12. The van der Waals surface area contributed by atoms with Crippen LogP contribution < -0.4 is 16.6 Å². The van der Waals surface area contributed by atoms with E-state index in [1.807, 2.05) is 6.07 Å². The van der Waals surface area contributed by atoms with Crippen molar-refractivity contribution in [3.05, 3.63) is 12.3 Å². The molecule has 0 radical (unpaired) electrons. The smallest absolute Gasteiger partial charge is 0.239 e. The summed E-state index contributed by atoms with van der Waals surface area (Å²) in [4.78, 5) is 8.12. The minimum absolute atomic E-state index is 0.447. The second kappa shape index (κ2) is 3.79. The molecule has 1 aromatic heterocycles. The second-order valence-electron chi connectivity index (χ2n) is 3.83. The Hall–Kier alpha value is -1.36. The fraction of sp³-hybridized carbons (Fsp3) is 0.556. The summed E-state index contributed by atoms with van der Waals surface area (Å²) >= 11 is 0. The van der Waals surface area contributed by atoms with Crippen molar-refractivity contribution in [1.82, 2.24) is 9.97 Å². The lowest BCUT2D eigenvalue weighted by molar-refractivity contribution is 0.308. The van der Waals surface area contributed by atoms with Crippen LogP contribution in [0.15, 0.2) is 12.3 Å². The van der Waals surface area contributed by atoms with Gasteiger partial charge in [-0.05, 0) is 24.8 Å². The maximum Gasteiger partial charge on any atom is 0.239 e. The summed E-state index contributed by atoms with van der Waals surface area (Å²) < 4.78 is 0. The van der Waals surface area contributed by atoms with Crippen LogP contribution in [0.1, 0.15) is 19.8 Å². The molecule has 5 nitrogen and oxygen atoms in total. The predicted molar refractivity (Wildman–Crippen MR) is 55.7 cm³/mol. The molecule has 1 aliphatic carbocycles. The summed E-state index contributed by atoms with van der Waals surface area (Å²) in [6, 6.07) is 2.41. The topological polar surface area (TPSA) is 75.9 Å². The molecule has 0 atom stereocenters. The Bertz CT molecular complexity index is 308. The molecule has 0 amide bonds. The van der Waals surface area contributed by atoms with Gasteiger partial charge in [0, 0.05) is 12.2 Å². The highest BCUT2D eigenvalue weighted by molar-refractivity contribution is 5.40. The molecule has 0 aliphatic heterocycles. The van der Waals surface area contributed by atoms with Gasteiger partial charge in [-0.2, -0.15) is 4.98 Å². The maximum absolute atomic E-state index is 5.22. The Kier molecular flexibility index (Phi) is 2.49. The van der Waals surface area contributed by atoms with E-state index in [1.165, 1.54) is 12.8 Å². The van der Waals surface area contributed by atoms with Crippen LogP contribution in [0.25, 0.3) is 0 Å². The van der Waals surface area contributed by atoms with E-state index in [1.54, 1.807) is 6.20 Å². The molecule has 76 valence electrons. The maximum atomic E-state index is 5.22. The van der Waals surface area contributed by atoms with Crippen molar-refractivity contribution in [2.75, 3.05) is 10.7 Å². The van der Waals surface area contributed by atoms with E-state index in [4.69, 9.17) is 5.84 Å². The summed E-state index contributed by atoms with van der Waals surface area (Å²) in [5, 5.41) is 3.34. The highest BCUT2D eigenvalue weighted by Gasteiger charge is 2.25. The number of rotatable bonds is 3. The zero-order valence-electron chi connectivity index (χ0n) is 8.20. The number of anilines is 2. The van der Waals surface area contributed by atoms with E-state index in [-0.39, 0.29) is 0 Å². The number of nitrogen functional groups attached to an aromatic ring is 1. The van der Waals surface area contributed by atoms with Crippen LogP contribution in [0.5, 0.6) is 0 Å². The van der Waals surface area contributed by atoms with Gasteiger partial charge in [-0.25, -0.2) is 10.8 Å². The number of aromatic nitrogens is 2. The van der Waals surface area contributed by atoms with E-state index in [9.17, 15) is 0 Å². The van der Waals surface area contributed by atoms with Gasteiger partial charge in [-0.3, -0.25) is 5.43 Å². The first kappa shape index (κ1) is 9.21. The molecule has 1 heterocycles. The molecular weight excluding hydrogens is 178 g/mol. The Morgan fingerprint density at radius 3 is 2.93 bits per heavy atom. The lowest BCUT2D eigenvalue weighted by Gasteiger charge is -2.33. The average Bonchev–Trinajstić information content (AvgIpc) is 2.16. The molecule has 0 bridgehead atoms. The quantitative estimate of drug-likeness (QED) is 0.492. The molecule has 1 fully saturated rings. The molecular formula is C9H15N5. The van der Waals surface area contributed by atoms with E-state index in [0.29, 0.717) is 12.0 Å². The van der Waals surface area contributed by atoms with Crippen LogP contribution in [-0.4, -0.2) is 16.0 Å². The summed E-state index contributed by atoms with van der Waals surface area (Å²) in [7, 11) is 0. The van der Waals surface area contributed by atoms with Crippen LogP contribution in [0.3, 0.4) is 0 Å². The number of hydrazine groups is 1. The molecule has 5 heteroatoms. The number of hydrogen-bond acceptors (Lipinski definition) is 5. The van der Waals surface area contributed by atoms with Gasteiger partial charge in [0.1, 0.15) is 5.82 Å². The van der Waals surface area contributed by atoms with Crippen LogP contribution in [0.4, 0.5) is 11.8 Å². The second-order valence-corrected chi connectivity index (χ2v) is 3.83. The molecule has 1 aromatic rings. The molecule has 14 heavy (non-hydrogen) atoms. The first-order valence-electron chi connectivity index (χ1n) is 4.84. The van der Waals surface area contributed by atoms with Crippen molar-refractivity contribution in [2.24, 2.45) is 11.8 Å². The van der Waals surface area contributed by atoms with Crippen LogP contribution >= 0.6 is 0 Å². The Balaban J connectivity index is 1.95. The zero-order chi connectivity index (χ0) is 9.97. The normalized spacial score (nSPS) is 25.3. The van der Waals surface area contributed by atoms with Crippen molar-refractivity contribution in [1.29, 1.82) is 0 Å². The van der Waals surface area contributed by atoms with Gasteiger partial charge in [0.2, 0.25) is 5.95 Å². The van der Waals surface area contributed by atoms with Gasteiger partial charge >= 0.3 is 0 Å². The van der Waals surface area contributed by atoms with Gasteiger partial charge in [-0.1, -0.05) is 6.92 Å². The molecule has 0 spiro atoms. The summed E-state index contributed by atoms with van der Waals surface area (Å²) in [5.41, 5.74) is 2.42. The number of nitrogens with one attached hydrogen (secondary N) is 2. The van der Waals surface area contributed by atoms with Crippen molar-refractivity contribution < 1.29 is 0 Å². The van der Waals surface area contributed by atoms with E-state index in [2.05, 4.69) is 27.6 Å². The average molecular weight is 193 g/mol. The predicted octanol–water partition coefficient (Wildman–Crippen LogP) is 0.973. The number of nitrogens with zero attached hydrogens (tertiary/aromatic N) is 2. The van der Waals surface area contributed by atoms with Crippen LogP contribution in [0.2, 0.25) is 0 Å². The fourth-order valence-corrected chi connectivity index (χ4v) is 1.74. The van der Waals surface area contributed by atoms with Crippen LogP contribution in [0, 0.1) is 5.92 Å². The molecule has 0 unspecified atom stereocenters. The fourth-order valence-electron chi connectivity index (χ4n) is 1.74. The van der Waals surface area contributed by atoms with E-state index < -0.39 is 0 Å². The lowest BCUT2D eigenvalue weighted by atomic mass is 9.82. The third-order valence-corrected chi connectivity index (χ3v) is 2.51. The van der Waals surface area contributed by atoms with Crippen molar-refractivity contribution >= 4 is 11.8 Å². The molecule has 1 aliphatic rings. The van der Waals surface area contributed by atoms with Gasteiger partial charge in [0.15, 0.2) is 0 Å². The molecule has 2 rings (SSSR count). The first-order chi connectivity index (χ1) is 6.78. The minimum atomic E-state index is 0.447. The van der Waals surface area contributed by atoms with Gasteiger partial charge < -0.3 is 5.32 Å². The molecule has 4 N–H and O–H groups in total. The Labute approximate surface area is 83.1 Å². The number of hydrogen-bond donors (Lipinski definition) is 3. The largest absolute Gasteiger partial charge is 0.367 e. The number of nitrogens with two attached hydrogens (primary N) is 1. The van der Waals surface area contributed by atoms with Crippen molar-refractivity contribution in [3.8, 4) is 0 Å². The van der Waals surface area contributed by atoms with Gasteiger partial charge in [0.05, 0.1) is 0 Å². The molecule has 0 saturated heterocycles. The van der Waals surface area contributed by atoms with Crippen LogP contribution in [-0.2, 0) is 0 Å². The summed E-state index contributed by atoms with van der Waals surface area (Å²) in [6.45, 7) is 2.25. The third-order valence-electron chi connectivity index (χ3n) is 2.51. The highest BCUT2D eigenvalue weighted by atomic mass is 15.3. The monoisotopic (exact) mass is 193 g/mol. The van der Waals surface area contributed by atoms with E-state index >= 15 is 0 Å². The minimum Gasteiger partial charge on any atom is -0.367 e. The lowest BCUT2D eigenvalue weighted by Crippen LogP contribution is -2.34. The van der Waals surface area contributed by atoms with Crippen molar-refractivity contribution in [2.45, 2.75) is 25.8 Å². The Morgan fingerprint density at radius 1 is 1.50 bits per heavy atom. The molecule has 0 aromatic carbocycles. The van der Waals surface area contributed by atoms with Crippen molar-refractivity contribution in [3.63, 3.8) is 0 Å². The SMILES string of the molecule is CC1CC(Nc2ccnc(NN)n2)C1. The standard InChI is InChI=1S/C9H15N5/c1-6-4-7(5-6)12-8-2-3-11-9(13-8)14-10/h2-3,6-7H,4-5,10H2,1H3,(H2,11,12,13,14). The Morgan fingerprint density at radius 2 is 2.29 bits per heavy atom. The third kappa shape index (κ3) is 1.93. The first-order valence-corrected chi connectivity index (χ1v) is 4.84. The molecule has 1 saturated carbocycles.